The Morgan fingerprint density at radius 3 is 2.79 bits per heavy atom. The molecule has 0 fully saturated rings. The second-order valence-corrected chi connectivity index (χ2v) is 5.28. The first kappa shape index (κ1) is 14.1. The summed E-state index contributed by atoms with van der Waals surface area (Å²) in [6.45, 7) is 2.71. The molecule has 3 heteroatoms. The molecule has 1 amide bonds. The van der Waals surface area contributed by atoms with Gasteiger partial charge in [-0.2, -0.15) is 0 Å². The van der Waals surface area contributed by atoms with Crippen LogP contribution in [-0.2, 0) is 17.6 Å². The van der Waals surface area contributed by atoms with Gasteiger partial charge in [0, 0.05) is 6.54 Å². The van der Waals surface area contributed by atoms with E-state index in [9.17, 15) is 9.90 Å². The number of nitrogens with one attached hydrogen (secondary N) is 1. The Labute approximate surface area is 115 Å². The highest BCUT2D eigenvalue weighted by atomic mass is 16.3. The Hall–Kier alpha value is -1.35. The van der Waals surface area contributed by atoms with Gasteiger partial charge in [0.05, 0.1) is 0 Å². The van der Waals surface area contributed by atoms with Gasteiger partial charge in [0.2, 0.25) is 0 Å². The lowest BCUT2D eigenvalue weighted by Gasteiger charge is -2.18. The minimum Gasteiger partial charge on any atom is -0.378 e. The van der Waals surface area contributed by atoms with E-state index in [0.717, 1.165) is 31.2 Å². The second-order valence-electron chi connectivity index (χ2n) is 5.28. The molecule has 0 aliphatic heterocycles. The summed E-state index contributed by atoms with van der Waals surface area (Å²) in [5.41, 5.74) is 3.38. The fraction of sp³-hybridized carbons (Fsp3) is 0.562. The van der Waals surface area contributed by atoms with Crippen LogP contribution >= 0.6 is 0 Å². The fourth-order valence-electron chi connectivity index (χ4n) is 2.56. The average Bonchev–Trinajstić information content (AvgIpc) is 2.46. The molecule has 104 valence electrons. The van der Waals surface area contributed by atoms with Crippen LogP contribution in [0.5, 0.6) is 0 Å². The van der Waals surface area contributed by atoms with Crippen LogP contribution in [0.3, 0.4) is 0 Å². The van der Waals surface area contributed by atoms with Crippen molar-refractivity contribution in [2.75, 3.05) is 6.54 Å². The molecule has 0 spiro atoms. The molecule has 1 unspecified atom stereocenters. The molecule has 1 atom stereocenters. The van der Waals surface area contributed by atoms with Gasteiger partial charge in [0.15, 0.2) is 6.10 Å². The third-order valence-electron chi connectivity index (χ3n) is 3.77. The maximum atomic E-state index is 11.8. The van der Waals surface area contributed by atoms with E-state index in [1.165, 1.54) is 24.0 Å². The summed E-state index contributed by atoms with van der Waals surface area (Å²) in [7, 11) is 0. The third kappa shape index (κ3) is 3.57. The van der Waals surface area contributed by atoms with Gasteiger partial charge in [-0.15, -0.1) is 0 Å². The van der Waals surface area contributed by atoms with Gasteiger partial charge in [-0.3, -0.25) is 4.79 Å². The van der Waals surface area contributed by atoms with Crippen LogP contribution in [0.4, 0.5) is 0 Å². The zero-order valence-electron chi connectivity index (χ0n) is 11.6. The summed E-state index contributed by atoms with van der Waals surface area (Å²) in [4.78, 5) is 11.8. The summed E-state index contributed by atoms with van der Waals surface area (Å²) in [6.07, 6.45) is 5.57. The zero-order chi connectivity index (χ0) is 13.7. The second kappa shape index (κ2) is 6.71. The first-order valence-electron chi connectivity index (χ1n) is 7.30. The van der Waals surface area contributed by atoms with Crippen LogP contribution in [0.1, 0.15) is 55.4 Å². The molecule has 3 nitrogen and oxygen atoms in total. The van der Waals surface area contributed by atoms with Crippen molar-refractivity contribution < 1.29 is 9.90 Å². The normalized spacial score (nSPS) is 15.7. The van der Waals surface area contributed by atoms with Crippen LogP contribution in [0.2, 0.25) is 0 Å². The largest absolute Gasteiger partial charge is 0.378 e. The van der Waals surface area contributed by atoms with Crippen LogP contribution in [0, 0.1) is 0 Å². The number of carbonyl (C=O) groups excluding carboxylic acids is 1. The lowest BCUT2D eigenvalue weighted by Crippen LogP contribution is -2.30. The van der Waals surface area contributed by atoms with Crippen molar-refractivity contribution in [3.05, 3.63) is 34.9 Å². The van der Waals surface area contributed by atoms with Crippen molar-refractivity contribution in [1.29, 1.82) is 0 Å². The zero-order valence-corrected chi connectivity index (χ0v) is 11.6. The maximum absolute atomic E-state index is 11.8. The predicted molar refractivity (Wildman–Crippen MR) is 76.0 cm³/mol. The number of aliphatic hydroxyl groups is 1. The number of fused-ring (bicyclic) bond motifs is 1. The molecular formula is C16H23NO2. The van der Waals surface area contributed by atoms with Crippen LogP contribution < -0.4 is 5.32 Å². The Morgan fingerprint density at radius 2 is 2.05 bits per heavy atom. The first-order valence-corrected chi connectivity index (χ1v) is 7.30. The van der Waals surface area contributed by atoms with Crippen molar-refractivity contribution in [2.24, 2.45) is 0 Å². The van der Waals surface area contributed by atoms with E-state index >= 15 is 0 Å². The van der Waals surface area contributed by atoms with Gasteiger partial charge in [0.1, 0.15) is 0 Å². The average molecular weight is 261 g/mol. The standard InChI is InChI=1S/C16H23NO2/c1-2-3-10-17-16(19)15(18)14-9-8-12-6-4-5-7-13(12)11-14/h8-9,11,15,18H,2-7,10H2,1H3,(H,17,19). The number of hydrogen-bond acceptors (Lipinski definition) is 2. The first-order chi connectivity index (χ1) is 9.22. The minimum atomic E-state index is -1.04. The monoisotopic (exact) mass is 261 g/mol. The minimum absolute atomic E-state index is 0.288. The smallest absolute Gasteiger partial charge is 0.253 e. The number of hydrogen-bond donors (Lipinski definition) is 2. The molecule has 1 aromatic carbocycles. The SMILES string of the molecule is CCCCNC(=O)C(O)c1ccc2c(c1)CCCC2. The van der Waals surface area contributed by atoms with E-state index in [0.29, 0.717) is 6.54 Å². The number of carbonyl (C=O) groups is 1. The van der Waals surface area contributed by atoms with E-state index in [1.807, 2.05) is 12.1 Å². The molecule has 1 aliphatic rings. The number of aryl methyl sites for hydroxylation is 2. The topological polar surface area (TPSA) is 49.3 Å². The summed E-state index contributed by atoms with van der Waals surface area (Å²) in [6, 6.07) is 5.94. The molecule has 0 heterocycles. The number of unbranched alkanes of at least 4 members (excludes halogenated alkanes) is 1. The Balaban J connectivity index is 2.02. The van der Waals surface area contributed by atoms with E-state index in [-0.39, 0.29) is 5.91 Å². The van der Waals surface area contributed by atoms with Crippen LogP contribution in [0.15, 0.2) is 18.2 Å². The van der Waals surface area contributed by atoms with Gasteiger partial charge in [-0.25, -0.2) is 0 Å². The summed E-state index contributed by atoms with van der Waals surface area (Å²) in [5, 5.41) is 12.9. The van der Waals surface area contributed by atoms with Gasteiger partial charge >= 0.3 is 0 Å². The predicted octanol–water partition coefficient (Wildman–Crippen LogP) is 2.52. The maximum Gasteiger partial charge on any atom is 0.253 e. The van der Waals surface area contributed by atoms with Crippen molar-refractivity contribution in [3.8, 4) is 0 Å². The van der Waals surface area contributed by atoms with E-state index < -0.39 is 6.10 Å². The molecule has 0 bridgehead atoms. The molecule has 0 saturated heterocycles. The van der Waals surface area contributed by atoms with Crippen LogP contribution in [-0.4, -0.2) is 17.6 Å². The quantitative estimate of drug-likeness (QED) is 0.800. The highest BCUT2D eigenvalue weighted by Crippen LogP contribution is 2.24. The number of amides is 1. The molecule has 19 heavy (non-hydrogen) atoms. The molecule has 0 aromatic heterocycles. The van der Waals surface area contributed by atoms with Gasteiger partial charge in [-0.1, -0.05) is 31.5 Å². The number of rotatable bonds is 5. The molecule has 0 saturated carbocycles. The van der Waals surface area contributed by atoms with Crippen molar-refractivity contribution in [3.63, 3.8) is 0 Å². The van der Waals surface area contributed by atoms with Gasteiger partial charge in [0.25, 0.3) is 5.91 Å². The Bertz CT molecular complexity index is 442. The molecular weight excluding hydrogens is 238 g/mol. The molecule has 0 radical (unpaired) electrons. The molecule has 1 aromatic rings. The molecule has 2 N–H and O–H groups in total. The lowest BCUT2D eigenvalue weighted by molar-refractivity contribution is -0.129. The van der Waals surface area contributed by atoms with Gasteiger partial charge in [-0.05, 0) is 48.8 Å². The summed E-state index contributed by atoms with van der Waals surface area (Å²) < 4.78 is 0. The van der Waals surface area contributed by atoms with Gasteiger partial charge < -0.3 is 10.4 Å². The highest BCUT2D eigenvalue weighted by Gasteiger charge is 2.18. The van der Waals surface area contributed by atoms with E-state index in [1.54, 1.807) is 0 Å². The van der Waals surface area contributed by atoms with E-state index in [2.05, 4.69) is 18.3 Å². The molecule has 2 rings (SSSR count). The van der Waals surface area contributed by atoms with Crippen molar-refractivity contribution in [2.45, 2.75) is 51.6 Å². The third-order valence-corrected chi connectivity index (χ3v) is 3.77. The van der Waals surface area contributed by atoms with Crippen molar-refractivity contribution in [1.82, 2.24) is 5.32 Å². The summed E-state index contributed by atoms with van der Waals surface area (Å²) >= 11 is 0. The van der Waals surface area contributed by atoms with Crippen LogP contribution in [0.25, 0.3) is 0 Å². The fourth-order valence-corrected chi connectivity index (χ4v) is 2.56. The van der Waals surface area contributed by atoms with E-state index in [4.69, 9.17) is 0 Å². The lowest BCUT2D eigenvalue weighted by atomic mass is 9.89. The Morgan fingerprint density at radius 1 is 1.32 bits per heavy atom. The summed E-state index contributed by atoms with van der Waals surface area (Å²) in [5.74, 6) is -0.288. The van der Waals surface area contributed by atoms with Crippen molar-refractivity contribution >= 4 is 5.91 Å². The highest BCUT2D eigenvalue weighted by molar-refractivity contribution is 5.81. The number of aliphatic hydroxyl groups excluding tert-OH is 1. The number of benzene rings is 1. The molecule has 1 aliphatic carbocycles. The Kier molecular flexibility index (Phi) is 4.97.